The van der Waals surface area contributed by atoms with Crippen LogP contribution in [-0.2, 0) is 25.6 Å². The van der Waals surface area contributed by atoms with E-state index in [9.17, 15) is 24.3 Å². The second kappa shape index (κ2) is 14.3. The number of carbonyl (C=O) groups is 4. The Hall–Kier alpha value is -2.35. The minimum Gasteiger partial charge on any atom is -0.480 e. The fourth-order valence-electron chi connectivity index (χ4n) is 3.31. The summed E-state index contributed by atoms with van der Waals surface area (Å²) in [4.78, 5) is 52.7. The molecule has 35 heavy (non-hydrogen) atoms. The van der Waals surface area contributed by atoms with E-state index in [-0.39, 0.29) is 17.9 Å². The number of H-pyrrole nitrogens is 1. The molecule has 2 aromatic rings. The van der Waals surface area contributed by atoms with Gasteiger partial charge in [0.1, 0.15) is 18.1 Å². The van der Waals surface area contributed by atoms with Gasteiger partial charge in [-0.15, -0.1) is 0 Å². The van der Waals surface area contributed by atoms with Gasteiger partial charge in [-0.05, 0) is 30.1 Å². The van der Waals surface area contributed by atoms with Crippen molar-refractivity contribution >= 4 is 71.6 Å². The highest BCUT2D eigenvalue weighted by Gasteiger charge is 2.29. The molecule has 0 aliphatic carbocycles. The molecule has 0 saturated heterocycles. The lowest BCUT2D eigenvalue weighted by Crippen LogP contribution is -2.58. The number of carboxylic acids is 1. The minimum atomic E-state index is -1.23. The first-order valence-corrected chi connectivity index (χ1v) is 13.5. The predicted octanol–water partition coefficient (Wildman–Crippen LogP) is 0.189. The van der Waals surface area contributed by atoms with Crippen molar-refractivity contribution in [1.29, 1.82) is 0 Å². The number of nitrogens with one attached hydrogen (secondary N) is 4. The first-order chi connectivity index (χ1) is 16.7. The maximum Gasteiger partial charge on any atom is 0.326 e. The number of thioether (sulfide) groups is 1. The number of amides is 3. The molecule has 0 saturated carbocycles. The molecular weight excluding hydrogens is 510 g/mol. The number of thiol groups is 2. The van der Waals surface area contributed by atoms with E-state index in [2.05, 4.69) is 46.2 Å². The summed E-state index contributed by atoms with van der Waals surface area (Å²) in [5.41, 5.74) is 7.42. The van der Waals surface area contributed by atoms with Crippen LogP contribution in [0.2, 0.25) is 0 Å². The van der Waals surface area contributed by atoms with Crippen LogP contribution in [-0.4, -0.2) is 81.5 Å². The summed E-state index contributed by atoms with van der Waals surface area (Å²) < 4.78 is 0. The standard InChI is InChI=1S/C22H31N5O5S3/c1-35-7-6-14(23)19(28)26-17(10-33)21(30)27-18(11-34)20(29)25-16(22(31)32)8-12-9-24-15-5-3-2-4-13(12)15/h2-5,9,14,16-18,24,33-34H,6-8,10-11,23H2,1H3,(H,25,29)(H,26,28)(H,27,30)(H,31,32). The lowest BCUT2D eigenvalue weighted by molar-refractivity contribution is -0.142. The van der Waals surface area contributed by atoms with Crippen LogP contribution in [0, 0.1) is 0 Å². The number of aromatic amines is 1. The number of nitrogens with two attached hydrogens (primary N) is 1. The summed E-state index contributed by atoms with van der Waals surface area (Å²) in [5, 5.41) is 18.0. The average molecular weight is 542 g/mol. The maximum absolute atomic E-state index is 12.8. The molecule has 1 aromatic heterocycles. The fourth-order valence-corrected chi connectivity index (χ4v) is 4.31. The van der Waals surface area contributed by atoms with Crippen molar-refractivity contribution in [3.63, 3.8) is 0 Å². The SMILES string of the molecule is CSCCC(N)C(=O)NC(CS)C(=O)NC(CS)C(=O)NC(Cc1c[nH]c2ccccc12)C(=O)O. The number of rotatable bonds is 14. The normalized spacial score (nSPS) is 14.5. The van der Waals surface area contributed by atoms with E-state index in [1.165, 1.54) is 0 Å². The number of aromatic nitrogens is 1. The summed E-state index contributed by atoms with van der Waals surface area (Å²) in [6.45, 7) is 0. The summed E-state index contributed by atoms with van der Waals surface area (Å²) in [5.74, 6) is -2.48. The Balaban J connectivity index is 2.01. The maximum atomic E-state index is 12.8. The van der Waals surface area contributed by atoms with Crippen molar-refractivity contribution in [2.24, 2.45) is 5.73 Å². The number of para-hydroxylation sites is 1. The highest BCUT2D eigenvalue weighted by atomic mass is 32.2. The van der Waals surface area contributed by atoms with E-state index < -0.39 is 47.9 Å². The van der Waals surface area contributed by atoms with Crippen LogP contribution in [0.1, 0.15) is 12.0 Å². The molecule has 2 rings (SSSR count). The van der Waals surface area contributed by atoms with Gasteiger partial charge in [-0.2, -0.15) is 37.0 Å². The average Bonchev–Trinajstić information content (AvgIpc) is 3.26. The lowest BCUT2D eigenvalue weighted by Gasteiger charge is -2.23. The largest absolute Gasteiger partial charge is 0.480 e. The van der Waals surface area contributed by atoms with Gasteiger partial charge in [-0.3, -0.25) is 14.4 Å². The Morgan fingerprint density at radius 3 is 2.14 bits per heavy atom. The topological polar surface area (TPSA) is 166 Å². The smallest absolute Gasteiger partial charge is 0.326 e. The van der Waals surface area contributed by atoms with E-state index in [0.717, 1.165) is 16.5 Å². The number of hydrogen-bond donors (Lipinski definition) is 8. The van der Waals surface area contributed by atoms with Gasteiger partial charge in [0.25, 0.3) is 0 Å². The van der Waals surface area contributed by atoms with Crippen molar-refractivity contribution < 1.29 is 24.3 Å². The van der Waals surface area contributed by atoms with Crippen LogP contribution < -0.4 is 21.7 Å². The third-order valence-corrected chi connectivity index (χ3v) is 6.69. The predicted molar refractivity (Wildman–Crippen MR) is 144 cm³/mol. The first kappa shape index (κ1) is 28.9. The van der Waals surface area contributed by atoms with Gasteiger partial charge in [0, 0.05) is 35.0 Å². The molecule has 0 aliphatic rings. The summed E-state index contributed by atoms with van der Waals surface area (Å²) in [6.07, 6.45) is 4.09. The van der Waals surface area contributed by atoms with Crippen LogP contribution in [0.5, 0.6) is 0 Å². The third kappa shape index (κ3) is 8.37. The fraction of sp³-hybridized carbons (Fsp3) is 0.455. The van der Waals surface area contributed by atoms with Crippen LogP contribution in [0.3, 0.4) is 0 Å². The number of fused-ring (bicyclic) bond motifs is 1. The van der Waals surface area contributed by atoms with Gasteiger partial charge in [0.2, 0.25) is 17.7 Å². The van der Waals surface area contributed by atoms with E-state index in [1.54, 1.807) is 18.0 Å². The molecule has 0 spiro atoms. The van der Waals surface area contributed by atoms with E-state index >= 15 is 0 Å². The number of benzene rings is 1. The van der Waals surface area contributed by atoms with E-state index in [4.69, 9.17) is 5.73 Å². The van der Waals surface area contributed by atoms with Gasteiger partial charge >= 0.3 is 5.97 Å². The number of aliphatic carboxylic acids is 1. The molecule has 192 valence electrons. The third-order valence-electron chi connectivity index (χ3n) is 5.31. The molecule has 10 nitrogen and oxygen atoms in total. The highest BCUT2D eigenvalue weighted by molar-refractivity contribution is 7.98. The number of hydrogen-bond acceptors (Lipinski definition) is 8. The van der Waals surface area contributed by atoms with Gasteiger partial charge in [-0.25, -0.2) is 4.79 Å². The quantitative estimate of drug-likeness (QED) is 0.158. The molecule has 3 amide bonds. The molecule has 1 aromatic carbocycles. The molecule has 0 radical (unpaired) electrons. The highest BCUT2D eigenvalue weighted by Crippen LogP contribution is 2.19. The van der Waals surface area contributed by atoms with Crippen molar-refractivity contribution in [2.45, 2.75) is 37.0 Å². The van der Waals surface area contributed by atoms with E-state index in [1.807, 2.05) is 30.5 Å². The van der Waals surface area contributed by atoms with E-state index in [0.29, 0.717) is 12.2 Å². The van der Waals surface area contributed by atoms with Crippen LogP contribution >= 0.6 is 37.0 Å². The van der Waals surface area contributed by atoms with Crippen molar-refractivity contribution in [2.75, 3.05) is 23.5 Å². The Bertz CT molecular complexity index is 1030. The number of carboxylic acid groups (broad SMARTS) is 1. The monoisotopic (exact) mass is 541 g/mol. The molecule has 0 bridgehead atoms. The zero-order valence-corrected chi connectivity index (χ0v) is 21.8. The molecule has 7 N–H and O–H groups in total. The van der Waals surface area contributed by atoms with Crippen LogP contribution in [0.25, 0.3) is 10.9 Å². The molecule has 4 unspecified atom stereocenters. The van der Waals surface area contributed by atoms with Crippen LogP contribution in [0.15, 0.2) is 30.5 Å². The van der Waals surface area contributed by atoms with Crippen molar-refractivity contribution in [3.8, 4) is 0 Å². The van der Waals surface area contributed by atoms with Crippen LogP contribution in [0.4, 0.5) is 0 Å². The van der Waals surface area contributed by atoms with Gasteiger partial charge in [0.15, 0.2) is 0 Å². The Morgan fingerprint density at radius 1 is 1.00 bits per heavy atom. The lowest BCUT2D eigenvalue weighted by atomic mass is 10.0. The number of carbonyl (C=O) groups excluding carboxylic acids is 3. The second-order valence-corrected chi connectivity index (χ2v) is 9.55. The molecule has 4 atom stereocenters. The molecule has 0 aliphatic heterocycles. The summed E-state index contributed by atoms with van der Waals surface area (Å²) in [7, 11) is 0. The van der Waals surface area contributed by atoms with Gasteiger partial charge < -0.3 is 31.8 Å². The second-order valence-electron chi connectivity index (χ2n) is 7.84. The van der Waals surface area contributed by atoms with Crippen molar-refractivity contribution in [3.05, 3.63) is 36.0 Å². The summed E-state index contributed by atoms with van der Waals surface area (Å²) >= 11 is 9.79. The zero-order chi connectivity index (χ0) is 26.0. The summed E-state index contributed by atoms with van der Waals surface area (Å²) in [6, 6.07) is 3.27. The molecule has 13 heteroatoms. The Morgan fingerprint density at radius 2 is 1.57 bits per heavy atom. The molecule has 1 heterocycles. The van der Waals surface area contributed by atoms with Crippen molar-refractivity contribution in [1.82, 2.24) is 20.9 Å². The van der Waals surface area contributed by atoms with Gasteiger partial charge in [0.05, 0.1) is 6.04 Å². The molecular formula is C22H31N5O5S3. The Kier molecular flexibility index (Phi) is 11.8. The first-order valence-electron chi connectivity index (χ1n) is 10.9. The Labute approximate surface area is 218 Å². The minimum absolute atomic E-state index is 0.0218. The zero-order valence-electron chi connectivity index (χ0n) is 19.2. The van der Waals surface area contributed by atoms with Gasteiger partial charge in [-0.1, -0.05) is 18.2 Å². The molecule has 0 fully saturated rings.